The van der Waals surface area contributed by atoms with Crippen molar-refractivity contribution >= 4 is 11.9 Å². The summed E-state index contributed by atoms with van der Waals surface area (Å²) in [6.45, 7) is 10.9. The van der Waals surface area contributed by atoms with Crippen LogP contribution in [0, 0.1) is 0 Å². The van der Waals surface area contributed by atoms with Gasteiger partial charge in [0.25, 0.3) is 0 Å². The van der Waals surface area contributed by atoms with Gasteiger partial charge in [-0.15, -0.1) is 0 Å². The fraction of sp³-hybridized carbons (Fsp3) is 0.571. The molecule has 0 fully saturated rings. The molecular formula is C14H23NO3. The molecular weight excluding hydrogens is 230 g/mol. The Bertz CT molecular complexity index is 360. The van der Waals surface area contributed by atoms with Crippen molar-refractivity contribution in [3.05, 3.63) is 23.8 Å². The molecule has 0 rings (SSSR count). The third-order valence-corrected chi connectivity index (χ3v) is 1.76. The molecule has 0 unspecified atom stereocenters. The summed E-state index contributed by atoms with van der Waals surface area (Å²) in [5.74, 6) is -0.561. The zero-order valence-corrected chi connectivity index (χ0v) is 12.0. The number of carbonyl (C=O) groups excluding carboxylic acids is 2. The van der Waals surface area contributed by atoms with E-state index in [4.69, 9.17) is 4.74 Å². The second-order valence-corrected chi connectivity index (χ2v) is 5.37. The number of esters is 1. The van der Waals surface area contributed by atoms with Crippen molar-refractivity contribution in [1.82, 2.24) is 5.32 Å². The van der Waals surface area contributed by atoms with Crippen molar-refractivity contribution in [2.45, 2.75) is 53.2 Å². The first-order chi connectivity index (χ1) is 8.11. The highest BCUT2D eigenvalue weighted by atomic mass is 16.6. The fourth-order valence-corrected chi connectivity index (χ4v) is 1.06. The number of nitrogens with one attached hydrogen (secondary N) is 1. The summed E-state index contributed by atoms with van der Waals surface area (Å²) in [6.07, 6.45) is 4.41. The van der Waals surface area contributed by atoms with Gasteiger partial charge in [-0.2, -0.15) is 0 Å². The maximum Gasteiger partial charge on any atom is 0.331 e. The van der Waals surface area contributed by atoms with E-state index in [0.717, 1.165) is 0 Å². The van der Waals surface area contributed by atoms with E-state index in [1.807, 2.05) is 13.8 Å². The van der Waals surface area contributed by atoms with Crippen LogP contribution in [0.3, 0.4) is 0 Å². The molecule has 0 aromatic carbocycles. The highest BCUT2D eigenvalue weighted by Gasteiger charge is 2.13. The van der Waals surface area contributed by atoms with Crippen LogP contribution in [0.15, 0.2) is 23.8 Å². The van der Waals surface area contributed by atoms with Gasteiger partial charge in [0.1, 0.15) is 5.60 Å². The Labute approximate surface area is 109 Å². The van der Waals surface area contributed by atoms with Gasteiger partial charge >= 0.3 is 5.97 Å². The Morgan fingerprint density at radius 3 is 2.22 bits per heavy atom. The minimum Gasteiger partial charge on any atom is -0.457 e. The SMILES string of the molecule is C/C(=C/C=C/C(=O)OC(C)(C)C)C(=O)NC(C)C. The quantitative estimate of drug-likeness (QED) is 0.475. The number of ether oxygens (including phenoxy) is 1. The number of hydrogen-bond donors (Lipinski definition) is 1. The van der Waals surface area contributed by atoms with Gasteiger partial charge in [-0.3, -0.25) is 4.79 Å². The Hall–Kier alpha value is -1.58. The summed E-state index contributed by atoms with van der Waals surface area (Å²) in [4.78, 5) is 22.9. The monoisotopic (exact) mass is 253 g/mol. The Kier molecular flexibility index (Phi) is 6.37. The van der Waals surface area contributed by atoms with E-state index in [2.05, 4.69) is 5.32 Å². The van der Waals surface area contributed by atoms with E-state index < -0.39 is 11.6 Å². The predicted molar refractivity (Wildman–Crippen MR) is 72.0 cm³/mol. The Morgan fingerprint density at radius 2 is 1.78 bits per heavy atom. The summed E-state index contributed by atoms with van der Waals surface area (Å²) in [7, 11) is 0. The zero-order valence-electron chi connectivity index (χ0n) is 12.0. The van der Waals surface area contributed by atoms with Gasteiger partial charge in [-0.1, -0.05) is 12.2 Å². The van der Waals surface area contributed by atoms with Crippen molar-refractivity contribution in [1.29, 1.82) is 0 Å². The first-order valence-electron chi connectivity index (χ1n) is 6.00. The minimum absolute atomic E-state index is 0.0932. The lowest BCUT2D eigenvalue weighted by molar-refractivity contribution is -0.148. The largest absolute Gasteiger partial charge is 0.457 e. The molecule has 0 radical (unpaired) electrons. The molecule has 0 saturated carbocycles. The van der Waals surface area contributed by atoms with Crippen LogP contribution in [0.5, 0.6) is 0 Å². The molecule has 4 nitrogen and oxygen atoms in total. The first kappa shape index (κ1) is 16.4. The van der Waals surface area contributed by atoms with Crippen molar-refractivity contribution in [3.63, 3.8) is 0 Å². The van der Waals surface area contributed by atoms with E-state index in [9.17, 15) is 9.59 Å². The number of allylic oxidation sites excluding steroid dienone is 2. The highest BCUT2D eigenvalue weighted by Crippen LogP contribution is 2.07. The van der Waals surface area contributed by atoms with Gasteiger partial charge in [0.2, 0.25) is 5.91 Å². The molecule has 0 aromatic rings. The van der Waals surface area contributed by atoms with E-state index >= 15 is 0 Å². The van der Waals surface area contributed by atoms with E-state index in [1.165, 1.54) is 12.2 Å². The van der Waals surface area contributed by atoms with Gasteiger partial charge in [0.05, 0.1) is 0 Å². The maximum atomic E-state index is 11.5. The Balaban J connectivity index is 4.37. The summed E-state index contributed by atoms with van der Waals surface area (Å²) < 4.78 is 5.09. The average Bonchev–Trinajstić information content (AvgIpc) is 2.13. The van der Waals surface area contributed by atoms with Crippen molar-refractivity contribution < 1.29 is 14.3 Å². The van der Waals surface area contributed by atoms with E-state index in [0.29, 0.717) is 5.57 Å². The third kappa shape index (κ3) is 8.56. The van der Waals surface area contributed by atoms with Crippen LogP contribution in [-0.4, -0.2) is 23.5 Å². The minimum atomic E-state index is -0.505. The first-order valence-corrected chi connectivity index (χ1v) is 6.00. The van der Waals surface area contributed by atoms with Crippen LogP contribution in [0.1, 0.15) is 41.5 Å². The fourth-order valence-electron chi connectivity index (χ4n) is 1.06. The average molecular weight is 253 g/mol. The second-order valence-electron chi connectivity index (χ2n) is 5.37. The van der Waals surface area contributed by atoms with Crippen molar-refractivity contribution in [3.8, 4) is 0 Å². The third-order valence-electron chi connectivity index (χ3n) is 1.76. The lowest BCUT2D eigenvalue weighted by Gasteiger charge is -2.17. The molecule has 1 amide bonds. The predicted octanol–water partition coefficient (Wildman–Crippen LogP) is 2.36. The van der Waals surface area contributed by atoms with Gasteiger partial charge in [-0.25, -0.2) is 4.79 Å². The molecule has 0 aromatic heterocycles. The highest BCUT2D eigenvalue weighted by molar-refractivity contribution is 5.93. The maximum absolute atomic E-state index is 11.5. The summed E-state index contributed by atoms with van der Waals surface area (Å²) in [6, 6.07) is 0.0932. The summed E-state index contributed by atoms with van der Waals surface area (Å²) in [5.41, 5.74) is 0.0402. The lowest BCUT2D eigenvalue weighted by atomic mass is 10.2. The molecule has 4 heteroatoms. The topological polar surface area (TPSA) is 55.4 Å². The Morgan fingerprint density at radius 1 is 1.22 bits per heavy atom. The van der Waals surface area contributed by atoms with E-state index in [-0.39, 0.29) is 11.9 Å². The van der Waals surface area contributed by atoms with Gasteiger partial charge < -0.3 is 10.1 Å². The normalized spacial score (nSPS) is 12.9. The molecule has 0 aliphatic carbocycles. The van der Waals surface area contributed by atoms with Crippen LogP contribution >= 0.6 is 0 Å². The van der Waals surface area contributed by atoms with Crippen LogP contribution < -0.4 is 5.32 Å². The number of amides is 1. The van der Waals surface area contributed by atoms with Crippen LogP contribution in [0.2, 0.25) is 0 Å². The summed E-state index contributed by atoms with van der Waals surface area (Å²) >= 11 is 0. The van der Waals surface area contributed by atoms with E-state index in [1.54, 1.807) is 33.8 Å². The molecule has 0 heterocycles. The standard InChI is InChI=1S/C14H23NO3/c1-10(2)15-13(17)11(3)8-7-9-12(16)18-14(4,5)6/h7-10H,1-6H3,(H,15,17)/b9-7+,11-8-. The lowest BCUT2D eigenvalue weighted by Crippen LogP contribution is -2.30. The van der Waals surface area contributed by atoms with Gasteiger partial charge in [-0.05, 0) is 41.5 Å². The van der Waals surface area contributed by atoms with Crippen LogP contribution in [0.25, 0.3) is 0 Å². The zero-order chi connectivity index (χ0) is 14.3. The molecule has 0 atom stereocenters. The molecule has 18 heavy (non-hydrogen) atoms. The molecule has 0 saturated heterocycles. The summed E-state index contributed by atoms with van der Waals surface area (Å²) in [5, 5.41) is 2.76. The van der Waals surface area contributed by atoms with Gasteiger partial charge in [0.15, 0.2) is 0 Å². The van der Waals surface area contributed by atoms with Crippen LogP contribution in [-0.2, 0) is 14.3 Å². The number of carbonyl (C=O) groups is 2. The molecule has 0 bridgehead atoms. The van der Waals surface area contributed by atoms with Crippen molar-refractivity contribution in [2.75, 3.05) is 0 Å². The number of hydrogen-bond acceptors (Lipinski definition) is 3. The molecule has 0 aliphatic rings. The van der Waals surface area contributed by atoms with Crippen LogP contribution in [0.4, 0.5) is 0 Å². The van der Waals surface area contributed by atoms with Crippen molar-refractivity contribution in [2.24, 2.45) is 0 Å². The number of rotatable bonds is 4. The smallest absolute Gasteiger partial charge is 0.331 e. The van der Waals surface area contributed by atoms with Gasteiger partial charge in [0, 0.05) is 17.7 Å². The second kappa shape index (κ2) is 6.99. The molecule has 102 valence electrons. The molecule has 1 N–H and O–H groups in total. The molecule has 0 spiro atoms. The molecule has 0 aliphatic heterocycles.